The van der Waals surface area contributed by atoms with Crippen molar-refractivity contribution in [2.45, 2.75) is 13.5 Å². The van der Waals surface area contributed by atoms with Crippen LogP contribution in [0.3, 0.4) is 0 Å². The first-order chi connectivity index (χ1) is 11.1. The Kier molecular flexibility index (Phi) is 4.02. The fraction of sp³-hybridized carbons (Fsp3) is 0.231. The van der Waals surface area contributed by atoms with E-state index >= 15 is 0 Å². The number of nitrogens with zero attached hydrogens (tertiary/aromatic N) is 7. The van der Waals surface area contributed by atoms with Gasteiger partial charge in [-0.2, -0.15) is 19.3 Å². The second-order valence-corrected chi connectivity index (χ2v) is 5.03. The van der Waals surface area contributed by atoms with Crippen LogP contribution in [0.4, 0.5) is 0 Å². The molecule has 0 spiro atoms. The van der Waals surface area contributed by atoms with E-state index in [-0.39, 0.29) is 23.6 Å². The maximum atomic E-state index is 12.1. The molecule has 10 heteroatoms. The maximum Gasteiger partial charge on any atom is 0.368 e. The molecule has 0 saturated heterocycles. The molecular formula is C13H12ClN7O2. The number of ether oxygens (including phenoxy) is 1. The number of aromatic nitrogens is 7. The first kappa shape index (κ1) is 15.1. The number of aryl methyl sites for hydroxylation is 2. The lowest BCUT2D eigenvalue weighted by Crippen LogP contribution is -2.23. The second kappa shape index (κ2) is 6.13. The van der Waals surface area contributed by atoms with Gasteiger partial charge in [-0.1, -0.05) is 12.1 Å². The molecule has 118 valence electrons. The highest BCUT2D eigenvalue weighted by atomic mass is 35.5. The molecule has 9 nitrogen and oxygen atoms in total. The van der Waals surface area contributed by atoms with Crippen LogP contribution in [0.15, 0.2) is 29.3 Å². The topological polar surface area (TPSA) is 101 Å². The highest BCUT2D eigenvalue weighted by molar-refractivity contribution is 6.28. The summed E-state index contributed by atoms with van der Waals surface area (Å²) in [5, 5.41) is 7.62. The third-order valence-electron chi connectivity index (χ3n) is 3.20. The van der Waals surface area contributed by atoms with Gasteiger partial charge < -0.3 is 4.74 Å². The second-order valence-electron chi connectivity index (χ2n) is 4.70. The van der Waals surface area contributed by atoms with Crippen molar-refractivity contribution < 1.29 is 4.74 Å². The summed E-state index contributed by atoms with van der Waals surface area (Å²) in [5.74, 6) is 0. The van der Waals surface area contributed by atoms with Crippen molar-refractivity contribution in [1.29, 1.82) is 0 Å². The SMILES string of the molecule is Cc1cccc(-n2nnn(C)c2=O)c1COc1ncnc(Cl)n1. The highest BCUT2D eigenvalue weighted by Crippen LogP contribution is 2.18. The van der Waals surface area contributed by atoms with Crippen LogP contribution in [-0.4, -0.2) is 34.7 Å². The van der Waals surface area contributed by atoms with Crippen LogP contribution in [0.25, 0.3) is 5.69 Å². The molecule has 1 aromatic carbocycles. The Balaban J connectivity index is 1.96. The predicted octanol–water partition coefficient (Wildman–Crippen LogP) is 0.692. The molecule has 0 aliphatic heterocycles. The molecule has 2 heterocycles. The van der Waals surface area contributed by atoms with Gasteiger partial charge in [0.1, 0.15) is 12.9 Å². The Bertz CT molecular complexity index is 905. The molecule has 0 radical (unpaired) electrons. The lowest BCUT2D eigenvalue weighted by Gasteiger charge is -2.11. The minimum atomic E-state index is -0.347. The Morgan fingerprint density at radius 2 is 2.09 bits per heavy atom. The minimum Gasteiger partial charge on any atom is -0.458 e. The van der Waals surface area contributed by atoms with Crippen LogP contribution >= 0.6 is 11.6 Å². The van der Waals surface area contributed by atoms with Crippen molar-refractivity contribution in [3.05, 3.63) is 51.4 Å². The maximum absolute atomic E-state index is 12.1. The quantitative estimate of drug-likeness (QED) is 0.692. The summed E-state index contributed by atoms with van der Waals surface area (Å²) >= 11 is 5.70. The van der Waals surface area contributed by atoms with Gasteiger partial charge in [0.15, 0.2) is 0 Å². The van der Waals surface area contributed by atoms with Gasteiger partial charge in [-0.15, -0.1) is 0 Å². The standard InChI is InChI=1S/C13H12ClN7O2/c1-8-4-3-5-10(21-13(22)20(2)18-19-21)9(8)6-23-12-16-7-15-11(14)17-12/h3-5,7H,6H2,1-2H3. The molecule has 3 aromatic rings. The summed E-state index contributed by atoms with van der Waals surface area (Å²) in [5.41, 5.74) is 1.94. The zero-order valence-corrected chi connectivity index (χ0v) is 13.1. The fourth-order valence-electron chi connectivity index (χ4n) is 2.01. The van der Waals surface area contributed by atoms with Crippen molar-refractivity contribution in [2.75, 3.05) is 0 Å². The number of halogens is 1. The number of hydrogen-bond donors (Lipinski definition) is 0. The summed E-state index contributed by atoms with van der Waals surface area (Å²) in [7, 11) is 1.53. The van der Waals surface area contributed by atoms with E-state index in [0.717, 1.165) is 15.8 Å². The average Bonchev–Trinajstić information content (AvgIpc) is 2.86. The van der Waals surface area contributed by atoms with E-state index in [4.69, 9.17) is 16.3 Å². The largest absolute Gasteiger partial charge is 0.458 e. The van der Waals surface area contributed by atoms with E-state index in [1.54, 1.807) is 6.07 Å². The van der Waals surface area contributed by atoms with Crippen molar-refractivity contribution in [3.8, 4) is 11.7 Å². The zero-order chi connectivity index (χ0) is 16.4. The molecule has 0 N–H and O–H groups in total. The van der Waals surface area contributed by atoms with Gasteiger partial charge in [0, 0.05) is 12.6 Å². The predicted molar refractivity (Wildman–Crippen MR) is 80.5 cm³/mol. The first-order valence-corrected chi connectivity index (χ1v) is 6.99. The lowest BCUT2D eigenvalue weighted by molar-refractivity contribution is 0.278. The molecule has 23 heavy (non-hydrogen) atoms. The summed E-state index contributed by atoms with van der Waals surface area (Å²) in [6, 6.07) is 5.60. The molecule has 0 bridgehead atoms. The molecule has 0 aliphatic rings. The Morgan fingerprint density at radius 3 is 2.78 bits per heavy atom. The molecule has 0 amide bonds. The zero-order valence-electron chi connectivity index (χ0n) is 12.3. The Labute approximate surface area is 135 Å². The summed E-state index contributed by atoms with van der Waals surface area (Å²) < 4.78 is 7.91. The number of rotatable bonds is 4. The Hall–Kier alpha value is -2.81. The summed E-state index contributed by atoms with van der Waals surface area (Å²) in [6.45, 7) is 2.05. The number of hydrogen-bond acceptors (Lipinski definition) is 7. The van der Waals surface area contributed by atoms with Crippen LogP contribution < -0.4 is 10.4 Å². The van der Waals surface area contributed by atoms with E-state index in [2.05, 4.69) is 25.4 Å². The van der Waals surface area contributed by atoms with Gasteiger partial charge in [0.2, 0.25) is 5.28 Å². The molecule has 0 saturated carbocycles. The number of benzene rings is 1. The normalized spacial score (nSPS) is 10.7. The Morgan fingerprint density at radius 1 is 1.26 bits per heavy atom. The van der Waals surface area contributed by atoms with Crippen LogP contribution in [0.1, 0.15) is 11.1 Å². The molecule has 0 fully saturated rings. The van der Waals surface area contributed by atoms with E-state index < -0.39 is 0 Å². The van der Waals surface area contributed by atoms with Crippen LogP contribution in [0, 0.1) is 6.92 Å². The van der Waals surface area contributed by atoms with Crippen molar-refractivity contribution in [1.82, 2.24) is 34.7 Å². The van der Waals surface area contributed by atoms with E-state index in [1.807, 2.05) is 19.1 Å². The van der Waals surface area contributed by atoms with Gasteiger partial charge in [-0.3, -0.25) is 0 Å². The smallest absolute Gasteiger partial charge is 0.368 e. The third kappa shape index (κ3) is 3.04. The van der Waals surface area contributed by atoms with Gasteiger partial charge in [-0.25, -0.2) is 9.78 Å². The molecule has 0 aliphatic carbocycles. The molecule has 0 atom stereocenters. The van der Waals surface area contributed by atoms with Crippen molar-refractivity contribution >= 4 is 11.6 Å². The van der Waals surface area contributed by atoms with Crippen LogP contribution in [0.5, 0.6) is 6.01 Å². The highest BCUT2D eigenvalue weighted by Gasteiger charge is 2.14. The monoisotopic (exact) mass is 333 g/mol. The van der Waals surface area contributed by atoms with E-state index in [1.165, 1.54) is 18.1 Å². The van der Waals surface area contributed by atoms with Crippen LogP contribution in [-0.2, 0) is 13.7 Å². The van der Waals surface area contributed by atoms with E-state index in [9.17, 15) is 4.79 Å². The van der Waals surface area contributed by atoms with Gasteiger partial charge in [-0.05, 0) is 40.6 Å². The van der Waals surface area contributed by atoms with Crippen LogP contribution in [0.2, 0.25) is 5.28 Å². The first-order valence-electron chi connectivity index (χ1n) is 6.61. The molecule has 0 unspecified atom stereocenters. The average molecular weight is 334 g/mol. The molecular weight excluding hydrogens is 322 g/mol. The third-order valence-corrected chi connectivity index (χ3v) is 3.38. The van der Waals surface area contributed by atoms with Gasteiger partial charge >= 0.3 is 11.7 Å². The van der Waals surface area contributed by atoms with Gasteiger partial charge in [0.25, 0.3) is 0 Å². The van der Waals surface area contributed by atoms with Gasteiger partial charge in [0.05, 0.1) is 5.69 Å². The summed E-state index contributed by atoms with van der Waals surface area (Å²) in [4.78, 5) is 23.5. The minimum absolute atomic E-state index is 0.0464. The molecule has 2 aromatic heterocycles. The lowest BCUT2D eigenvalue weighted by atomic mass is 10.1. The fourth-order valence-corrected chi connectivity index (χ4v) is 2.12. The van der Waals surface area contributed by atoms with Crippen molar-refractivity contribution in [2.24, 2.45) is 7.05 Å². The van der Waals surface area contributed by atoms with E-state index in [0.29, 0.717) is 5.69 Å². The number of tetrazole rings is 1. The summed E-state index contributed by atoms with van der Waals surface area (Å²) in [6.07, 6.45) is 1.26. The van der Waals surface area contributed by atoms with Crippen molar-refractivity contribution in [3.63, 3.8) is 0 Å². The molecule has 3 rings (SSSR count).